The van der Waals surface area contributed by atoms with Gasteiger partial charge in [-0.2, -0.15) is 0 Å². The molecule has 1 N–H and O–H groups in total. The van der Waals surface area contributed by atoms with E-state index in [4.69, 9.17) is 0 Å². The van der Waals surface area contributed by atoms with Gasteiger partial charge in [0.05, 0.1) is 12.1 Å². The molecule has 1 aromatic carbocycles. The Morgan fingerprint density at radius 2 is 2.00 bits per heavy atom. The minimum atomic E-state index is -1.06. The summed E-state index contributed by atoms with van der Waals surface area (Å²) in [5.74, 6) is -0.868. The molecule has 0 saturated heterocycles. The molecule has 0 saturated carbocycles. The number of hydrogen-bond donors (Lipinski definition) is 1. The first-order valence-corrected chi connectivity index (χ1v) is 9.14. The first kappa shape index (κ1) is 18.2. The number of aromatic amines is 1. The number of hydrogen-bond acceptors (Lipinski definition) is 4. The van der Waals surface area contributed by atoms with Gasteiger partial charge in [-0.3, -0.25) is 4.79 Å². The Labute approximate surface area is 159 Å². The summed E-state index contributed by atoms with van der Waals surface area (Å²) >= 11 is 0. The molecule has 1 unspecified atom stereocenters. The van der Waals surface area contributed by atoms with Crippen molar-refractivity contribution in [3.05, 3.63) is 64.0 Å². The van der Waals surface area contributed by atoms with Crippen LogP contribution < -0.4 is 5.56 Å². The van der Waals surface area contributed by atoms with Crippen LogP contribution in [0.25, 0.3) is 22.2 Å². The molecule has 6 nitrogen and oxygen atoms in total. The first-order chi connectivity index (χ1) is 13.5. The molecule has 0 aliphatic carbocycles. The van der Waals surface area contributed by atoms with Gasteiger partial charge in [-0.1, -0.05) is 20.3 Å². The van der Waals surface area contributed by atoms with Gasteiger partial charge in [0.25, 0.3) is 0 Å². The summed E-state index contributed by atoms with van der Waals surface area (Å²) in [7, 11) is 0. The molecule has 0 aliphatic rings. The average molecular weight is 383 g/mol. The Bertz CT molecular complexity index is 1230. The van der Waals surface area contributed by atoms with Crippen molar-refractivity contribution in [2.75, 3.05) is 0 Å². The lowest BCUT2D eigenvalue weighted by Crippen LogP contribution is -2.13. The van der Waals surface area contributed by atoms with Crippen LogP contribution in [0.1, 0.15) is 31.7 Å². The van der Waals surface area contributed by atoms with Gasteiger partial charge in [-0.05, 0) is 23.6 Å². The maximum atomic E-state index is 14.2. The highest BCUT2D eigenvalue weighted by molar-refractivity contribution is 5.82. The summed E-state index contributed by atoms with van der Waals surface area (Å²) in [6.45, 7) is 4.49. The Morgan fingerprint density at radius 1 is 1.21 bits per heavy atom. The van der Waals surface area contributed by atoms with E-state index in [2.05, 4.69) is 33.8 Å². The highest BCUT2D eigenvalue weighted by Gasteiger charge is 2.18. The minimum absolute atomic E-state index is 0.138. The quantitative estimate of drug-likeness (QED) is 0.571. The molecule has 144 valence electrons. The van der Waals surface area contributed by atoms with Crippen LogP contribution in [0.15, 0.2) is 35.4 Å². The van der Waals surface area contributed by atoms with Gasteiger partial charge in [-0.25, -0.2) is 23.7 Å². The van der Waals surface area contributed by atoms with Crippen molar-refractivity contribution in [3.8, 4) is 0 Å². The summed E-state index contributed by atoms with van der Waals surface area (Å²) in [5.41, 5.74) is 1.05. The van der Waals surface area contributed by atoms with E-state index >= 15 is 0 Å². The minimum Gasteiger partial charge on any atom is -0.319 e. The monoisotopic (exact) mass is 383 g/mol. The molecular formula is C20H19F2N5O. The predicted molar refractivity (Wildman–Crippen MR) is 102 cm³/mol. The lowest BCUT2D eigenvalue weighted by molar-refractivity contribution is 0.515. The van der Waals surface area contributed by atoms with Crippen LogP contribution in [-0.2, 0) is 13.0 Å². The van der Waals surface area contributed by atoms with Crippen LogP contribution >= 0.6 is 0 Å². The lowest BCUT2D eigenvalue weighted by atomic mass is 10.0. The van der Waals surface area contributed by atoms with E-state index in [-0.39, 0.29) is 12.1 Å². The number of H-pyrrole nitrogens is 1. The van der Waals surface area contributed by atoms with Crippen LogP contribution in [0.2, 0.25) is 0 Å². The van der Waals surface area contributed by atoms with Gasteiger partial charge in [0, 0.05) is 30.3 Å². The lowest BCUT2D eigenvalue weighted by Gasteiger charge is -2.13. The maximum absolute atomic E-state index is 14.2. The molecule has 0 aliphatic heterocycles. The van der Waals surface area contributed by atoms with Crippen LogP contribution in [-0.4, -0.2) is 24.5 Å². The smallest absolute Gasteiger partial charge is 0.248 e. The third-order valence-electron chi connectivity index (χ3n) is 5.01. The molecule has 4 rings (SSSR count). The van der Waals surface area contributed by atoms with Gasteiger partial charge in [-0.15, -0.1) is 0 Å². The molecule has 8 heteroatoms. The highest BCUT2D eigenvalue weighted by atomic mass is 19.2. The molecule has 0 spiro atoms. The number of aromatic nitrogens is 5. The van der Waals surface area contributed by atoms with Crippen molar-refractivity contribution in [2.24, 2.45) is 5.92 Å². The summed E-state index contributed by atoms with van der Waals surface area (Å²) in [6.07, 6.45) is 4.87. The summed E-state index contributed by atoms with van der Waals surface area (Å²) in [5, 5.41) is 0.443. The number of rotatable bonds is 5. The zero-order valence-electron chi connectivity index (χ0n) is 15.5. The van der Waals surface area contributed by atoms with Crippen molar-refractivity contribution in [1.82, 2.24) is 24.5 Å². The molecule has 4 aromatic rings. The van der Waals surface area contributed by atoms with Crippen LogP contribution in [0.4, 0.5) is 8.78 Å². The summed E-state index contributed by atoms with van der Waals surface area (Å²) in [6, 6.07) is 3.93. The molecule has 0 bridgehead atoms. The third-order valence-corrected chi connectivity index (χ3v) is 5.01. The van der Waals surface area contributed by atoms with Crippen molar-refractivity contribution < 1.29 is 8.78 Å². The molecule has 0 amide bonds. The van der Waals surface area contributed by atoms with Gasteiger partial charge < -0.3 is 9.55 Å². The first-order valence-electron chi connectivity index (χ1n) is 9.14. The van der Waals surface area contributed by atoms with Crippen LogP contribution in [0, 0.1) is 17.6 Å². The van der Waals surface area contributed by atoms with E-state index in [0.29, 0.717) is 28.2 Å². The zero-order valence-corrected chi connectivity index (χ0v) is 15.5. The zero-order chi connectivity index (χ0) is 19.8. The Morgan fingerprint density at radius 3 is 2.79 bits per heavy atom. The number of nitrogens with one attached hydrogen (secondary N) is 1. The Kier molecular flexibility index (Phi) is 4.62. The largest absolute Gasteiger partial charge is 0.319 e. The fourth-order valence-electron chi connectivity index (χ4n) is 3.31. The molecule has 0 radical (unpaired) electrons. The SMILES string of the molecule is CCC(C)Cc1nc2nccnc2n1Cc1cc(=O)[nH]c2c(F)c(F)ccc12. The van der Waals surface area contributed by atoms with Gasteiger partial charge in [0.15, 0.2) is 22.9 Å². The van der Waals surface area contributed by atoms with Gasteiger partial charge >= 0.3 is 0 Å². The summed E-state index contributed by atoms with van der Waals surface area (Å²) in [4.78, 5) is 27.7. The van der Waals surface area contributed by atoms with E-state index < -0.39 is 17.2 Å². The molecule has 1 atom stereocenters. The number of benzene rings is 1. The second-order valence-corrected chi connectivity index (χ2v) is 6.98. The maximum Gasteiger partial charge on any atom is 0.248 e. The number of halogens is 2. The normalized spacial score (nSPS) is 12.7. The van der Waals surface area contributed by atoms with Crippen molar-refractivity contribution in [3.63, 3.8) is 0 Å². The second kappa shape index (κ2) is 7.10. The van der Waals surface area contributed by atoms with E-state index in [1.807, 2.05) is 4.57 Å². The van der Waals surface area contributed by atoms with E-state index in [0.717, 1.165) is 24.7 Å². The second-order valence-electron chi connectivity index (χ2n) is 6.98. The van der Waals surface area contributed by atoms with Crippen LogP contribution in [0.5, 0.6) is 0 Å². The molecule has 3 heterocycles. The topological polar surface area (TPSA) is 76.5 Å². The fourth-order valence-corrected chi connectivity index (χ4v) is 3.31. The molecular weight excluding hydrogens is 364 g/mol. The van der Waals surface area contributed by atoms with E-state index in [1.54, 1.807) is 12.4 Å². The number of pyridine rings is 1. The van der Waals surface area contributed by atoms with E-state index in [1.165, 1.54) is 12.1 Å². The number of nitrogens with zero attached hydrogens (tertiary/aromatic N) is 4. The Hall–Kier alpha value is -3.16. The highest BCUT2D eigenvalue weighted by Crippen LogP contribution is 2.24. The van der Waals surface area contributed by atoms with Gasteiger partial charge in [0.1, 0.15) is 5.82 Å². The third kappa shape index (κ3) is 3.15. The van der Waals surface area contributed by atoms with Crippen molar-refractivity contribution >= 4 is 22.2 Å². The molecule has 0 fully saturated rings. The van der Waals surface area contributed by atoms with Crippen LogP contribution in [0.3, 0.4) is 0 Å². The van der Waals surface area contributed by atoms with Crippen molar-refractivity contribution in [1.29, 1.82) is 0 Å². The number of imidazole rings is 1. The number of fused-ring (bicyclic) bond motifs is 2. The Balaban J connectivity index is 1.90. The summed E-state index contributed by atoms with van der Waals surface area (Å²) < 4.78 is 29.7. The molecule has 28 heavy (non-hydrogen) atoms. The average Bonchev–Trinajstić information content (AvgIpc) is 3.02. The molecule has 3 aromatic heterocycles. The van der Waals surface area contributed by atoms with Crippen molar-refractivity contribution in [2.45, 2.75) is 33.2 Å². The fraction of sp³-hybridized carbons (Fsp3) is 0.300. The predicted octanol–water partition coefficient (Wildman–Crippen LogP) is 3.58. The standard InChI is InChI=1S/C20H19F2N5O/c1-3-11(2)8-15-25-19-20(24-7-6-23-19)27(15)10-12-9-16(28)26-18-13(12)4-5-14(21)17(18)22/h4-7,9,11H,3,8,10H2,1-2H3,(H,26,28). The van der Waals surface area contributed by atoms with E-state index in [9.17, 15) is 13.6 Å². The van der Waals surface area contributed by atoms with Gasteiger partial charge in [0.2, 0.25) is 5.56 Å².